The zero-order valence-electron chi connectivity index (χ0n) is 11.7. The van der Waals surface area contributed by atoms with Crippen molar-refractivity contribution in [1.82, 2.24) is 5.32 Å². The molecule has 1 aromatic carbocycles. The van der Waals surface area contributed by atoms with Gasteiger partial charge < -0.3 is 19.9 Å². The molecule has 0 aliphatic heterocycles. The van der Waals surface area contributed by atoms with Crippen molar-refractivity contribution in [2.45, 2.75) is 20.4 Å². The molecule has 0 fully saturated rings. The normalized spacial score (nSPS) is 11.0. The van der Waals surface area contributed by atoms with Crippen LogP contribution in [0.25, 0.3) is 0 Å². The highest BCUT2D eigenvalue weighted by molar-refractivity contribution is 9.10. The summed E-state index contributed by atoms with van der Waals surface area (Å²) >= 11 is 3.31. The van der Waals surface area contributed by atoms with Crippen molar-refractivity contribution in [2.75, 3.05) is 26.9 Å². The number of nitrogens with one attached hydrogen (secondary N) is 1. The predicted octanol–water partition coefficient (Wildman–Crippen LogP) is 2.93. The average Bonchev–Trinajstić information content (AvgIpc) is 2.37. The van der Waals surface area contributed by atoms with Gasteiger partial charge in [-0.3, -0.25) is 0 Å². The van der Waals surface area contributed by atoms with Crippen LogP contribution in [0.2, 0.25) is 0 Å². The fourth-order valence-electron chi connectivity index (χ4n) is 1.58. The van der Waals surface area contributed by atoms with Crippen LogP contribution in [0.4, 0.5) is 0 Å². The van der Waals surface area contributed by atoms with Gasteiger partial charge in [0.2, 0.25) is 0 Å². The second-order valence-corrected chi connectivity index (χ2v) is 5.63. The highest BCUT2D eigenvalue weighted by Gasteiger charge is 2.08. The Balaban J connectivity index is 2.35. The van der Waals surface area contributed by atoms with Crippen molar-refractivity contribution in [3.63, 3.8) is 0 Å². The molecule has 1 aromatic rings. The first kappa shape index (κ1) is 16.3. The summed E-state index contributed by atoms with van der Waals surface area (Å²) in [4.78, 5) is 0. The molecule has 0 aliphatic rings. The number of phenols is 1. The van der Waals surface area contributed by atoms with Crippen LogP contribution < -0.4 is 10.1 Å². The van der Waals surface area contributed by atoms with E-state index in [4.69, 9.17) is 9.47 Å². The molecule has 0 radical (unpaired) electrons. The molecule has 0 heterocycles. The van der Waals surface area contributed by atoms with Crippen molar-refractivity contribution >= 4 is 15.9 Å². The van der Waals surface area contributed by atoms with E-state index in [2.05, 4.69) is 35.1 Å². The Hall–Kier alpha value is -0.780. The molecule has 0 atom stereocenters. The topological polar surface area (TPSA) is 50.7 Å². The number of halogens is 1. The standard InChI is InChI=1S/C14H22BrNO3/c1-10(2)9-19-5-4-16-8-11-6-12(15)14(17)13(7-11)18-3/h6-7,10,16-17H,4-5,8-9H2,1-3H3. The minimum absolute atomic E-state index is 0.131. The number of aromatic hydroxyl groups is 1. The number of hydrogen-bond acceptors (Lipinski definition) is 4. The van der Waals surface area contributed by atoms with Crippen molar-refractivity contribution in [3.8, 4) is 11.5 Å². The zero-order valence-corrected chi connectivity index (χ0v) is 13.3. The Morgan fingerprint density at radius 3 is 2.74 bits per heavy atom. The molecule has 0 saturated heterocycles. The van der Waals surface area contributed by atoms with Gasteiger partial charge in [0.25, 0.3) is 0 Å². The zero-order chi connectivity index (χ0) is 14.3. The lowest BCUT2D eigenvalue weighted by molar-refractivity contribution is 0.111. The van der Waals surface area contributed by atoms with Gasteiger partial charge >= 0.3 is 0 Å². The molecule has 0 unspecified atom stereocenters. The van der Waals surface area contributed by atoms with Gasteiger partial charge in [-0.1, -0.05) is 13.8 Å². The van der Waals surface area contributed by atoms with Crippen LogP contribution in [-0.4, -0.2) is 32.0 Å². The summed E-state index contributed by atoms with van der Waals surface area (Å²) in [6.45, 7) is 7.27. The summed E-state index contributed by atoms with van der Waals surface area (Å²) in [5, 5.41) is 13.0. The summed E-state index contributed by atoms with van der Waals surface area (Å²) in [6, 6.07) is 3.70. The molecular weight excluding hydrogens is 310 g/mol. The highest BCUT2D eigenvalue weighted by Crippen LogP contribution is 2.35. The number of rotatable bonds is 8. The molecule has 108 valence electrons. The van der Waals surface area contributed by atoms with E-state index in [1.807, 2.05) is 12.1 Å². The van der Waals surface area contributed by atoms with Crippen molar-refractivity contribution in [2.24, 2.45) is 5.92 Å². The monoisotopic (exact) mass is 331 g/mol. The first-order chi connectivity index (χ1) is 9.04. The van der Waals surface area contributed by atoms with E-state index in [0.29, 0.717) is 29.3 Å². The summed E-state index contributed by atoms with van der Waals surface area (Å²) in [5.74, 6) is 1.17. The van der Waals surface area contributed by atoms with E-state index >= 15 is 0 Å². The Kier molecular flexibility index (Phi) is 7.20. The molecule has 2 N–H and O–H groups in total. The Morgan fingerprint density at radius 2 is 2.11 bits per heavy atom. The van der Waals surface area contributed by atoms with Gasteiger partial charge in [0.05, 0.1) is 18.2 Å². The highest BCUT2D eigenvalue weighted by atomic mass is 79.9. The minimum Gasteiger partial charge on any atom is -0.503 e. The van der Waals surface area contributed by atoms with E-state index in [0.717, 1.165) is 18.7 Å². The molecular formula is C14H22BrNO3. The molecule has 0 bridgehead atoms. The third-order valence-corrected chi connectivity index (χ3v) is 3.12. The van der Waals surface area contributed by atoms with Crippen molar-refractivity contribution in [3.05, 3.63) is 22.2 Å². The van der Waals surface area contributed by atoms with Crippen LogP contribution in [0.1, 0.15) is 19.4 Å². The van der Waals surface area contributed by atoms with Crippen molar-refractivity contribution < 1.29 is 14.6 Å². The summed E-state index contributed by atoms with van der Waals surface area (Å²) in [7, 11) is 1.54. The Labute approximate surface area is 123 Å². The number of methoxy groups -OCH3 is 1. The fourth-order valence-corrected chi connectivity index (χ4v) is 2.07. The molecule has 5 heteroatoms. The lowest BCUT2D eigenvalue weighted by Gasteiger charge is -2.10. The smallest absolute Gasteiger partial charge is 0.172 e. The summed E-state index contributed by atoms with van der Waals surface area (Å²) < 4.78 is 11.2. The Bertz CT molecular complexity index is 397. The minimum atomic E-state index is 0.131. The van der Waals surface area contributed by atoms with E-state index in [1.165, 1.54) is 0 Å². The van der Waals surface area contributed by atoms with Gasteiger partial charge in [-0.25, -0.2) is 0 Å². The lowest BCUT2D eigenvalue weighted by atomic mass is 10.2. The quantitative estimate of drug-likeness (QED) is 0.719. The lowest BCUT2D eigenvalue weighted by Crippen LogP contribution is -2.20. The summed E-state index contributed by atoms with van der Waals surface area (Å²) in [5.41, 5.74) is 1.05. The maximum absolute atomic E-state index is 9.70. The fraction of sp³-hybridized carbons (Fsp3) is 0.571. The first-order valence-corrected chi connectivity index (χ1v) is 7.17. The van der Waals surface area contributed by atoms with Gasteiger partial charge in [-0.2, -0.15) is 0 Å². The average molecular weight is 332 g/mol. The third kappa shape index (κ3) is 5.80. The molecule has 0 spiro atoms. The molecule has 0 saturated carbocycles. The Morgan fingerprint density at radius 1 is 1.37 bits per heavy atom. The SMILES string of the molecule is COc1cc(CNCCOCC(C)C)cc(Br)c1O. The van der Waals surface area contributed by atoms with Crippen LogP contribution in [0.15, 0.2) is 16.6 Å². The van der Waals surface area contributed by atoms with Gasteiger partial charge in [-0.05, 0) is 39.5 Å². The second kappa shape index (κ2) is 8.40. The van der Waals surface area contributed by atoms with Crippen LogP contribution in [-0.2, 0) is 11.3 Å². The van der Waals surface area contributed by atoms with Crippen LogP contribution in [0.5, 0.6) is 11.5 Å². The van der Waals surface area contributed by atoms with Crippen LogP contribution >= 0.6 is 15.9 Å². The van der Waals surface area contributed by atoms with Gasteiger partial charge in [0.1, 0.15) is 0 Å². The molecule has 0 aliphatic carbocycles. The van der Waals surface area contributed by atoms with Crippen LogP contribution in [0.3, 0.4) is 0 Å². The number of ether oxygens (including phenoxy) is 2. The maximum Gasteiger partial charge on any atom is 0.172 e. The maximum atomic E-state index is 9.70. The van der Waals surface area contributed by atoms with Gasteiger partial charge in [0.15, 0.2) is 11.5 Å². The number of phenolic OH excluding ortho intramolecular Hbond substituents is 1. The molecule has 4 nitrogen and oxygen atoms in total. The van der Waals surface area contributed by atoms with E-state index in [-0.39, 0.29) is 5.75 Å². The number of hydrogen-bond donors (Lipinski definition) is 2. The second-order valence-electron chi connectivity index (χ2n) is 4.77. The summed E-state index contributed by atoms with van der Waals surface area (Å²) in [6.07, 6.45) is 0. The van der Waals surface area contributed by atoms with E-state index in [9.17, 15) is 5.11 Å². The van der Waals surface area contributed by atoms with E-state index in [1.54, 1.807) is 7.11 Å². The van der Waals surface area contributed by atoms with Gasteiger partial charge in [0, 0.05) is 19.7 Å². The largest absolute Gasteiger partial charge is 0.503 e. The molecule has 0 amide bonds. The van der Waals surface area contributed by atoms with Crippen LogP contribution in [0, 0.1) is 5.92 Å². The van der Waals surface area contributed by atoms with Gasteiger partial charge in [-0.15, -0.1) is 0 Å². The first-order valence-electron chi connectivity index (χ1n) is 6.38. The van der Waals surface area contributed by atoms with Crippen molar-refractivity contribution in [1.29, 1.82) is 0 Å². The molecule has 1 rings (SSSR count). The predicted molar refractivity (Wildman–Crippen MR) is 79.7 cm³/mol. The third-order valence-electron chi connectivity index (χ3n) is 2.51. The van der Waals surface area contributed by atoms with E-state index < -0.39 is 0 Å². The molecule has 0 aromatic heterocycles. The number of benzene rings is 1. The molecule has 19 heavy (non-hydrogen) atoms.